The highest BCUT2D eigenvalue weighted by Gasteiger charge is 2.27. The van der Waals surface area contributed by atoms with Gasteiger partial charge in [-0.05, 0) is 19.3 Å². The Kier molecular flexibility index (Phi) is 4.36. The van der Waals surface area contributed by atoms with Crippen molar-refractivity contribution >= 4 is 23.4 Å². The fourth-order valence-corrected chi connectivity index (χ4v) is 2.50. The Morgan fingerprint density at radius 3 is 3.17 bits per heavy atom. The predicted molar refractivity (Wildman–Crippen MR) is 68.7 cm³/mol. The molecular formula is C12H16ClN3O2. The van der Waals surface area contributed by atoms with Crippen LogP contribution in [0.25, 0.3) is 0 Å². The minimum absolute atomic E-state index is 0.110. The molecule has 1 atom stereocenters. The first-order chi connectivity index (χ1) is 8.72. The van der Waals surface area contributed by atoms with Crippen molar-refractivity contribution in [3.05, 3.63) is 17.5 Å². The van der Waals surface area contributed by atoms with Gasteiger partial charge < -0.3 is 9.64 Å². The first-order valence-corrected chi connectivity index (χ1v) is 6.39. The zero-order chi connectivity index (χ0) is 13.0. The van der Waals surface area contributed by atoms with Gasteiger partial charge in [-0.15, -0.1) is 0 Å². The van der Waals surface area contributed by atoms with Crippen LogP contribution in [0.1, 0.15) is 25.7 Å². The molecule has 98 valence electrons. The standard InChI is InChI=1S/C12H16ClN3O2/c1-18-11(17)6-9-4-2-3-5-16(9)12-10(13)7-14-8-15-12/h7-9H,2-6H2,1H3. The van der Waals surface area contributed by atoms with Crippen LogP contribution in [0.15, 0.2) is 12.5 Å². The van der Waals surface area contributed by atoms with Crippen molar-refractivity contribution in [1.29, 1.82) is 0 Å². The average molecular weight is 270 g/mol. The summed E-state index contributed by atoms with van der Waals surface area (Å²) in [5, 5.41) is 0.522. The van der Waals surface area contributed by atoms with Crippen molar-refractivity contribution in [3.8, 4) is 0 Å². The van der Waals surface area contributed by atoms with Crippen LogP contribution >= 0.6 is 11.6 Å². The second kappa shape index (κ2) is 6.00. The van der Waals surface area contributed by atoms with Crippen LogP contribution in [0.2, 0.25) is 5.02 Å². The van der Waals surface area contributed by atoms with Crippen LogP contribution in [0.4, 0.5) is 5.82 Å². The van der Waals surface area contributed by atoms with Gasteiger partial charge in [0.2, 0.25) is 0 Å². The number of piperidine rings is 1. The summed E-state index contributed by atoms with van der Waals surface area (Å²) in [5.74, 6) is 0.511. The quantitative estimate of drug-likeness (QED) is 0.786. The van der Waals surface area contributed by atoms with E-state index in [0.29, 0.717) is 17.3 Å². The molecule has 0 aromatic carbocycles. The van der Waals surface area contributed by atoms with Gasteiger partial charge in [-0.3, -0.25) is 4.79 Å². The van der Waals surface area contributed by atoms with E-state index in [1.54, 1.807) is 6.20 Å². The number of carbonyl (C=O) groups excluding carboxylic acids is 1. The molecule has 0 radical (unpaired) electrons. The van der Waals surface area contributed by atoms with Gasteiger partial charge in [-0.2, -0.15) is 0 Å². The number of methoxy groups -OCH3 is 1. The molecule has 2 heterocycles. The summed E-state index contributed by atoms with van der Waals surface area (Å²) in [7, 11) is 1.41. The number of ether oxygens (including phenoxy) is 1. The fraction of sp³-hybridized carbons (Fsp3) is 0.583. The Hall–Kier alpha value is -1.36. The van der Waals surface area contributed by atoms with Crippen molar-refractivity contribution in [2.75, 3.05) is 18.6 Å². The lowest BCUT2D eigenvalue weighted by molar-refractivity contribution is -0.141. The number of esters is 1. The van der Waals surface area contributed by atoms with Gasteiger partial charge in [0.05, 0.1) is 19.7 Å². The number of nitrogens with zero attached hydrogens (tertiary/aromatic N) is 3. The molecule has 18 heavy (non-hydrogen) atoms. The van der Waals surface area contributed by atoms with Crippen molar-refractivity contribution in [2.45, 2.75) is 31.7 Å². The van der Waals surface area contributed by atoms with Gasteiger partial charge in [0.15, 0.2) is 5.82 Å². The van der Waals surface area contributed by atoms with Gasteiger partial charge >= 0.3 is 5.97 Å². The SMILES string of the molecule is COC(=O)CC1CCCCN1c1ncncc1Cl. The lowest BCUT2D eigenvalue weighted by Crippen LogP contribution is -2.41. The van der Waals surface area contributed by atoms with E-state index in [2.05, 4.69) is 14.9 Å². The second-order valence-corrected chi connectivity index (χ2v) is 4.72. The maximum absolute atomic E-state index is 11.4. The molecule has 0 bridgehead atoms. The van der Waals surface area contributed by atoms with Crippen LogP contribution in [0.5, 0.6) is 0 Å². The average Bonchev–Trinajstić information content (AvgIpc) is 2.40. The normalized spacial score (nSPS) is 19.7. The van der Waals surface area contributed by atoms with Crippen molar-refractivity contribution in [3.63, 3.8) is 0 Å². The van der Waals surface area contributed by atoms with Crippen LogP contribution in [0, 0.1) is 0 Å². The number of halogens is 1. The van der Waals surface area contributed by atoms with Gasteiger partial charge in [0.1, 0.15) is 11.3 Å². The van der Waals surface area contributed by atoms with E-state index in [4.69, 9.17) is 16.3 Å². The van der Waals surface area contributed by atoms with E-state index >= 15 is 0 Å². The third-order valence-corrected chi connectivity index (χ3v) is 3.44. The van der Waals surface area contributed by atoms with Gasteiger partial charge in [-0.25, -0.2) is 9.97 Å². The summed E-state index contributed by atoms with van der Waals surface area (Å²) in [6.07, 6.45) is 6.57. The highest BCUT2D eigenvalue weighted by molar-refractivity contribution is 6.32. The summed E-state index contributed by atoms with van der Waals surface area (Å²) >= 11 is 6.11. The first-order valence-electron chi connectivity index (χ1n) is 6.01. The summed E-state index contributed by atoms with van der Waals surface area (Å²) in [4.78, 5) is 21.6. The van der Waals surface area contributed by atoms with Crippen molar-refractivity contribution < 1.29 is 9.53 Å². The van der Waals surface area contributed by atoms with Crippen molar-refractivity contribution in [2.24, 2.45) is 0 Å². The second-order valence-electron chi connectivity index (χ2n) is 4.32. The molecule has 1 aromatic rings. The Bertz CT molecular complexity index is 428. The van der Waals surface area contributed by atoms with E-state index in [9.17, 15) is 4.79 Å². The Morgan fingerprint density at radius 2 is 2.44 bits per heavy atom. The molecule has 2 rings (SSSR count). The van der Waals surface area contributed by atoms with Crippen LogP contribution < -0.4 is 4.90 Å². The highest BCUT2D eigenvalue weighted by Crippen LogP contribution is 2.29. The smallest absolute Gasteiger partial charge is 0.307 e. The third-order valence-electron chi connectivity index (χ3n) is 3.18. The zero-order valence-electron chi connectivity index (χ0n) is 10.3. The molecule has 0 spiro atoms. The van der Waals surface area contributed by atoms with E-state index in [1.807, 2.05) is 0 Å². The summed E-state index contributed by atoms with van der Waals surface area (Å²) in [6, 6.07) is 0.110. The number of anilines is 1. The number of hydrogen-bond donors (Lipinski definition) is 0. The van der Waals surface area contributed by atoms with Crippen LogP contribution in [-0.2, 0) is 9.53 Å². The summed E-state index contributed by atoms with van der Waals surface area (Å²) < 4.78 is 4.74. The maximum Gasteiger partial charge on any atom is 0.307 e. The van der Waals surface area contributed by atoms with Crippen LogP contribution in [-0.4, -0.2) is 35.6 Å². The number of carbonyl (C=O) groups is 1. The lowest BCUT2D eigenvalue weighted by Gasteiger charge is -2.36. The monoisotopic (exact) mass is 269 g/mol. The molecular weight excluding hydrogens is 254 g/mol. The predicted octanol–water partition coefficient (Wildman–Crippen LogP) is 2.05. The molecule has 1 fully saturated rings. The van der Waals surface area contributed by atoms with E-state index in [0.717, 1.165) is 25.8 Å². The van der Waals surface area contributed by atoms with Gasteiger partial charge in [0.25, 0.3) is 0 Å². The zero-order valence-corrected chi connectivity index (χ0v) is 11.1. The molecule has 0 N–H and O–H groups in total. The Labute approximate surface area is 111 Å². The largest absolute Gasteiger partial charge is 0.469 e. The molecule has 1 saturated heterocycles. The minimum atomic E-state index is -0.197. The Balaban J connectivity index is 2.17. The number of hydrogen-bond acceptors (Lipinski definition) is 5. The molecule has 6 heteroatoms. The molecule has 1 unspecified atom stereocenters. The van der Waals surface area contributed by atoms with E-state index in [-0.39, 0.29) is 12.0 Å². The van der Waals surface area contributed by atoms with Crippen molar-refractivity contribution in [1.82, 2.24) is 9.97 Å². The molecule has 0 saturated carbocycles. The molecule has 0 amide bonds. The maximum atomic E-state index is 11.4. The molecule has 5 nitrogen and oxygen atoms in total. The molecule has 1 aliphatic rings. The number of aromatic nitrogens is 2. The van der Waals surface area contributed by atoms with E-state index in [1.165, 1.54) is 13.4 Å². The summed E-state index contributed by atoms with van der Waals surface area (Å²) in [5.41, 5.74) is 0. The van der Waals surface area contributed by atoms with Gasteiger partial charge in [-0.1, -0.05) is 11.6 Å². The third kappa shape index (κ3) is 2.90. The Morgan fingerprint density at radius 1 is 1.61 bits per heavy atom. The minimum Gasteiger partial charge on any atom is -0.469 e. The summed E-state index contributed by atoms with van der Waals surface area (Å²) in [6.45, 7) is 0.860. The topological polar surface area (TPSA) is 55.3 Å². The van der Waals surface area contributed by atoms with Crippen LogP contribution in [0.3, 0.4) is 0 Å². The first kappa shape index (κ1) is 13.1. The molecule has 1 aliphatic heterocycles. The number of rotatable bonds is 3. The fourth-order valence-electron chi connectivity index (χ4n) is 2.28. The highest BCUT2D eigenvalue weighted by atomic mass is 35.5. The lowest BCUT2D eigenvalue weighted by atomic mass is 9.99. The van der Waals surface area contributed by atoms with E-state index < -0.39 is 0 Å². The molecule has 1 aromatic heterocycles. The van der Waals surface area contributed by atoms with Gasteiger partial charge in [0, 0.05) is 12.6 Å². The molecule has 0 aliphatic carbocycles.